The molecular formula is C9H19NS. The first kappa shape index (κ1) is 11.1. The Morgan fingerprint density at radius 3 is 2.55 bits per heavy atom. The standard InChI is InChI=1S/C9H19NS/c1-4-5-9(10)7-11-6-8(2)3/h4,8-9H,1,5-7,10H2,2-3H3. The summed E-state index contributed by atoms with van der Waals surface area (Å²) in [4.78, 5) is 0. The summed E-state index contributed by atoms with van der Waals surface area (Å²) >= 11 is 1.94. The predicted molar refractivity (Wildman–Crippen MR) is 55.0 cm³/mol. The Hall–Kier alpha value is 0.0500. The molecule has 0 aliphatic carbocycles. The molecule has 66 valence electrons. The van der Waals surface area contributed by atoms with E-state index in [1.807, 2.05) is 17.8 Å². The molecular weight excluding hydrogens is 154 g/mol. The second-order valence-corrected chi connectivity index (χ2v) is 4.29. The third kappa shape index (κ3) is 7.95. The van der Waals surface area contributed by atoms with Gasteiger partial charge in [-0.25, -0.2) is 0 Å². The molecule has 0 aromatic carbocycles. The summed E-state index contributed by atoms with van der Waals surface area (Å²) < 4.78 is 0. The van der Waals surface area contributed by atoms with Crippen molar-refractivity contribution in [1.29, 1.82) is 0 Å². The van der Waals surface area contributed by atoms with Crippen LogP contribution in [0.4, 0.5) is 0 Å². The molecule has 0 aromatic heterocycles. The van der Waals surface area contributed by atoms with E-state index < -0.39 is 0 Å². The Kier molecular flexibility index (Phi) is 6.77. The molecule has 0 amide bonds. The molecule has 1 unspecified atom stereocenters. The molecule has 2 heteroatoms. The third-order valence-corrected chi connectivity index (χ3v) is 2.82. The van der Waals surface area contributed by atoms with Crippen molar-refractivity contribution >= 4 is 11.8 Å². The fraction of sp³-hybridized carbons (Fsp3) is 0.778. The summed E-state index contributed by atoms with van der Waals surface area (Å²) in [5.74, 6) is 3.05. The van der Waals surface area contributed by atoms with E-state index in [0.29, 0.717) is 6.04 Å². The van der Waals surface area contributed by atoms with E-state index >= 15 is 0 Å². The van der Waals surface area contributed by atoms with Crippen LogP contribution in [0.3, 0.4) is 0 Å². The maximum atomic E-state index is 5.78. The summed E-state index contributed by atoms with van der Waals surface area (Å²) in [6, 6.07) is 0.302. The van der Waals surface area contributed by atoms with Crippen LogP contribution in [0.5, 0.6) is 0 Å². The first-order chi connectivity index (χ1) is 5.16. The molecule has 11 heavy (non-hydrogen) atoms. The summed E-state index contributed by atoms with van der Waals surface area (Å²) in [6.07, 6.45) is 2.83. The number of rotatable bonds is 6. The first-order valence-corrected chi connectivity index (χ1v) is 5.26. The summed E-state index contributed by atoms with van der Waals surface area (Å²) in [6.45, 7) is 8.11. The lowest BCUT2D eigenvalue weighted by Gasteiger charge is -2.09. The van der Waals surface area contributed by atoms with Crippen LogP contribution in [0.25, 0.3) is 0 Å². The Morgan fingerprint density at radius 2 is 2.09 bits per heavy atom. The molecule has 0 aliphatic heterocycles. The smallest absolute Gasteiger partial charge is 0.0165 e. The van der Waals surface area contributed by atoms with Gasteiger partial charge in [0.2, 0.25) is 0 Å². The van der Waals surface area contributed by atoms with Gasteiger partial charge in [0.25, 0.3) is 0 Å². The average Bonchev–Trinajstić information content (AvgIpc) is 1.87. The molecule has 0 saturated heterocycles. The van der Waals surface area contributed by atoms with Gasteiger partial charge in [-0.05, 0) is 18.1 Å². The van der Waals surface area contributed by atoms with Crippen LogP contribution in [0, 0.1) is 5.92 Å². The van der Waals surface area contributed by atoms with Crippen molar-refractivity contribution in [2.75, 3.05) is 11.5 Å². The van der Waals surface area contributed by atoms with Crippen LogP contribution in [0.2, 0.25) is 0 Å². The Bertz CT molecular complexity index is 102. The Balaban J connectivity index is 3.16. The monoisotopic (exact) mass is 173 g/mol. The molecule has 2 N–H and O–H groups in total. The molecule has 0 rings (SSSR count). The maximum absolute atomic E-state index is 5.78. The summed E-state index contributed by atoms with van der Waals surface area (Å²) in [7, 11) is 0. The van der Waals surface area contributed by atoms with Crippen LogP contribution >= 0.6 is 11.8 Å². The normalized spacial score (nSPS) is 13.5. The quantitative estimate of drug-likeness (QED) is 0.624. The largest absolute Gasteiger partial charge is 0.327 e. The molecule has 0 bridgehead atoms. The second-order valence-electron chi connectivity index (χ2n) is 3.22. The topological polar surface area (TPSA) is 26.0 Å². The zero-order valence-corrected chi connectivity index (χ0v) is 8.36. The Morgan fingerprint density at radius 1 is 1.45 bits per heavy atom. The van der Waals surface area contributed by atoms with Crippen molar-refractivity contribution in [2.45, 2.75) is 26.3 Å². The lowest BCUT2D eigenvalue weighted by Crippen LogP contribution is -2.22. The van der Waals surface area contributed by atoms with Gasteiger partial charge >= 0.3 is 0 Å². The van der Waals surface area contributed by atoms with E-state index in [2.05, 4.69) is 20.4 Å². The molecule has 1 atom stereocenters. The van der Waals surface area contributed by atoms with E-state index in [4.69, 9.17) is 5.73 Å². The van der Waals surface area contributed by atoms with Gasteiger partial charge in [-0.15, -0.1) is 6.58 Å². The van der Waals surface area contributed by atoms with Crippen molar-refractivity contribution in [1.82, 2.24) is 0 Å². The SMILES string of the molecule is C=CCC(N)CSCC(C)C. The summed E-state index contributed by atoms with van der Waals surface area (Å²) in [5, 5.41) is 0. The number of thioether (sulfide) groups is 1. The van der Waals surface area contributed by atoms with Gasteiger partial charge in [0.15, 0.2) is 0 Å². The minimum absolute atomic E-state index is 0.302. The molecule has 0 heterocycles. The highest BCUT2D eigenvalue weighted by Crippen LogP contribution is 2.09. The lowest BCUT2D eigenvalue weighted by molar-refractivity contribution is 0.739. The Labute approximate surface area is 74.4 Å². The van der Waals surface area contributed by atoms with Gasteiger partial charge in [0.1, 0.15) is 0 Å². The van der Waals surface area contributed by atoms with Crippen molar-refractivity contribution in [2.24, 2.45) is 11.7 Å². The second kappa shape index (κ2) is 6.74. The minimum Gasteiger partial charge on any atom is -0.327 e. The highest BCUT2D eigenvalue weighted by atomic mass is 32.2. The molecule has 0 aromatic rings. The maximum Gasteiger partial charge on any atom is 0.0165 e. The van der Waals surface area contributed by atoms with E-state index in [-0.39, 0.29) is 0 Å². The number of hydrogen-bond acceptors (Lipinski definition) is 2. The van der Waals surface area contributed by atoms with Gasteiger partial charge in [-0.3, -0.25) is 0 Å². The zero-order valence-electron chi connectivity index (χ0n) is 7.55. The minimum atomic E-state index is 0.302. The van der Waals surface area contributed by atoms with Crippen LogP contribution in [0.15, 0.2) is 12.7 Å². The van der Waals surface area contributed by atoms with Crippen molar-refractivity contribution in [3.05, 3.63) is 12.7 Å². The molecule has 0 saturated carbocycles. The van der Waals surface area contributed by atoms with Gasteiger partial charge in [0.05, 0.1) is 0 Å². The first-order valence-electron chi connectivity index (χ1n) is 4.11. The lowest BCUT2D eigenvalue weighted by atomic mass is 10.2. The van der Waals surface area contributed by atoms with E-state index in [1.165, 1.54) is 5.75 Å². The van der Waals surface area contributed by atoms with Crippen LogP contribution in [0.1, 0.15) is 20.3 Å². The zero-order chi connectivity index (χ0) is 8.69. The van der Waals surface area contributed by atoms with Gasteiger partial charge in [-0.2, -0.15) is 11.8 Å². The van der Waals surface area contributed by atoms with E-state index in [0.717, 1.165) is 18.1 Å². The highest BCUT2D eigenvalue weighted by Gasteiger charge is 2.00. The summed E-state index contributed by atoms with van der Waals surface area (Å²) in [5.41, 5.74) is 5.78. The highest BCUT2D eigenvalue weighted by molar-refractivity contribution is 7.99. The third-order valence-electron chi connectivity index (χ3n) is 1.25. The van der Waals surface area contributed by atoms with Crippen LogP contribution in [-0.4, -0.2) is 17.5 Å². The van der Waals surface area contributed by atoms with Crippen LogP contribution in [-0.2, 0) is 0 Å². The van der Waals surface area contributed by atoms with Crippen molar-refractivity contribution in [3.63, 3.8) is 0 Å². The van der Waals surface area contributed by atoms with E-state index in [9.17, 15) is 0 Å². The number of nitrogens with two attached hydrogens (primary N) is 1. The van der Waals surface area contributed by atoms with E-state index in [1.54, 1.807) is 0 Å². The van der Waals surface area contributed by atoms with Crippen molar-refractivity contribution < 1.29 is 0 Å². The molecule has 0 aliphatic rings. The van der Waals surface area contributed by atoms with Gasteiger partial charge in [-0.1, -0.05) is 19.9 Å². The fourth-order valence-electron chi connectivity index (χ4n) is 0.737. The molecule has 1 nitrogen and oxygen atoms in total. The van der Waals surface area contributed by atoms with Crippen LogP contribution < -0.4 is 5.73 Å². The average molecular weight is 173 g/mol. The van der Waals surface area contributed by atoms with Crippen molar-refractivity contribution in [3.8, 4) is 0 Å². The molecule has 0 spiro atoms. The van der Waals surface area contributed by atoms with Gasteiger partial charge in [0, 0.05) is 11.8 Å². The van der Waals surface area contributed by atoms with Gasteiger partial charge < -0.3 is 5.73 Å². The fourth-order valence-corrected chi connectivity index (χ4v) is 1.78. The number of hydrogen-bond donors (Lipinski definition) is 1. The predicted octanol–water partition coefficient (Wildman–Crippen LogP) is 2.28. The molecule has 0 radical (unpaired) electrons. The molecule has 0 fully saturated rings.